The van der Waals surface area contributed by atoms with Gasteiger partial charge in [-0.3, -0.25) is 9.59 Å². The Labute approximate surface area is 139 Å². The Morgan fingerprint density at radius 2 is 1.74 bits per heavy atom. The molecule has 1 aliphatic carbocycles. The molecule has 2 N–H and O–H groups in total. The summed E-state index contributed by atoms with van der Waals surface area (Å²) in [4.78, 5) is 23.9. The van der Waals surface area contributed by atoms with Gasteiger partial charge >= 0.3 is 0 Å². The highest BCUT2D eigenvalue weighted by molar-refractivity contribution is 5.83. The zero-order valence-electron chi connectivity index (χ0n) is 14.2. The van der Waals surface area contributed by atoms with Gasteiger partial charge < -0.3 is 10.6 Å². The van der Waals surface area contributed by atoms with Crippen molar-refractivity contribution >= 4 is 11.8 Å². The largest absolute Gasteiger partial charge is 0.353 e. The van der Waals surface area contributed by atoms with Crippen LogP contribution in [0.4, 0.5) is 0 Å². The Balaban J connectivity index is 1.66. The van der Waals surface area contributed by atoms with Gasteiger partial charge in [-0.1, -0.05) is 57.0 Å². The van der Waals surface area contributed by atoms with Gasteiger partial charge in [-0.05, 0) is 23.8 Å². The van der Waals surface area contributed by atoms with Crippen molar-refractivity contribution in [1.82, 2.24) is 10.6 Å². The van der Waals surface area contributed by atoms with Crippen LogP contribution in [0.2, 0.25) is 0 Å². The highest BCUT2D eigenvalue weighted by Gasteiger charge is 2.27. The minimum absolute atomic E-state index is 0.00851. The van der Waals surface area contributed by atoms with E-state index < -0.39 is 0 Å². The second-order valence-corrected chi connectivity index (χ2v) is 6.70. The highest BCUT2D eigenvalue weighted by Crippen LogP contribution is 2.29. The number of carbonyl (C=O) groups is 2. The Morgan fingerprint density at radius 1 is 1.04 bits per heavy atom. The van der Waals surface area contributed by atoms with Crippen LogP contribution in [-0.2, 0) is 16.1 Å². The molecule has 1 aromatic carbocycles. The van der Waals surface area contributed by atoms with E-state index in [2.05, 4.69) is 24.5 Å². The minimum atomic E-state index is -0.0749. The van der Waals surface area contributed by atoms with Crippen molar-refractivity contribution in [2.75, 3.05) is 0 Å². The second kappa shape index (κ2) is 8.70. The average molecular weight is 316 g/mol. The van der Waals surface area contributed by atoms with Gasteiger partial charge in [0.05, 0.1) is 0 Å². The van der Waals surface area contributed by atoms with Gasteiger partial charge in [0, 0.05) is 25.4 Å². The van der Waals surface area contributed by atoms with Crippen molar-refractivity contribution in [1.29, 1.82) is 0 Å². The number of rotatable bonds is 6. The van der Waals surface area contributed by atoms with Crippen molar-refractivity contribution in [2.45, 2.75) is 58.5 Å². The molecule has 126 valence electrons. The summed E-state index contributed by atoms with van der Waals surface area (Å²) in [5.41, 5.74) is 1.07. The number of benzene rings is 1. The molecule has 23 heavy (non-hydrogen) atoms. The Kier molecular flexibility index (Phi) is 6.63. The molecule has 0 spiro atoms. The second-order valence-electron chi connectivity index (χ2n) is 6.70. The Morgan fingerprint density at radius 3 is 2.48 bits per heavy atom. The van der Waals surface area contributed by atoms with Crippen LogP contribution in [0, 0.1) is 11.8 Å². The van der Waals surface area contributed by atoms with Gasteiger partial charge in [0.15, 0.2) is 0 Å². The molecule has 0 heterocycles. The monoisotopic (exact) mass is 316 g/mol. The van der Waals surface area contributed by atoms with E-state index in [1.54, 1.807) is 0 Å². The molecule has 0 aromatic heterocycles. The summed E-state index contributed by atoms with van der Waals surface area (Å²) in [5.74, 6) is 1.09. The van der Waals surface area contributed by atoms with Crippen molar-refractivity contribution in [3.8, 4) is 0 Å². The van der Waals surface area contributed by atoms with Crippen LogP contribution >= 0.6 is 0 Å². The normalized spacial score (nSPS) is 24.0. The summed E-state index contributed by atoms with van der Waals surface area (Å²) in [5, 5.41) is 5.96. The van der Waals surface area contributed by atoms with Gasteiger partial charge in [0.2, 0.25) is 11.8 Å². The van der Waals surface area contributed by atoms with Gasteiger partial charge in [0.1, 0.15) is 0 Å². The third-order valence-electron chi connectivity index (χ3n) is 4.96. The quantitative estimate of drug-likeness (QED) is 0.847. The van der Waals surface area contributed by atoms with Crippen molar-refractivity contribution in [2.24, 2.45) is 11.8 Å². The topological polar surface area (TPSA) is 58.2 Å². The summed E-state index contributed by atoms with van der Waals surface area (Å²) in [6, 6.07) is 10.0. The maximum absolute atomic E-state index is 12.1. The lowest BCUT2D eigenvalue weighted by Crippen LogP contribution is -2.43. The van der Waals surface area contributed by atoms with Crippen LogP contribution in [0.5, 0.6) is 0 Å². The molecule has 1 saturated carbocycles. The molecule has 0 unspecified atom stereocenters. The first kappa shape index (κ1) is 17.5. The highest BCUT2D eigenvalue weighted by atomic mass is 16.2. The van der Waals surface area contributed by atoms with Crippen LogP contribution in [0.25, 0.3) is 0 Å². The molecule has 0 saturated heterocycles. The lowest BCUT2D eigenvalue weighted by molar-refractivity contribution is -0.127. The van der Waals surface area contributed by atoms with Crippen LogP contribution < -0.4 is 10.6 Å². The molecule has 2 amide bonds. The molecular formula is C19H28N2O2. The molecule has 0 radical (unpaired) electrons. The van der Waals surface area contributed by atoms with Crippen LogP contribution in [0.15, 0.2) is 30.3 Å². The molecule has 1 fully saturated rings. The standard InChI is InChI=1S/C19H28N2O2/c1-14-7-6-10-17(15(14)2)21-19(23)12-11-18(22)20-13-16-8-4-3-5-9-16/h3-5,8-9,14-15,17H,6-7,10-13H2,1-2H3,(H,20,22)(H,21,23)/t14-,15-,17+/m1/s1. The zero-order valence-corrected chi connectivity index (χ0v) is 14.2. The van der Waals surface area contributed by atoms with Crippen molar-refractivity contribution in [3.05, 3.63) is 35.9 Å². The fourth-order valence-corrected chi connectivity index (χ4v) is 3.18. The van der Waals surface area contributed by atoms with Crippen molar-refractivity contribution in [3.63, 3.8) is 0 Å². The third-order valence-corrected chi connectivity index (χ3v) is 4.96. The molecule has 1 aliphatic rings. The minimum Gasteiger partial charge on any atom is -0.353 e. The van der Waals surface area contributed by atoms with E-state index in [9.17, 15) is 9.59 Å². The lowest BCUT2D eigenvalue weighted by atomic mass is 9.78. The van der Waals surface area contributed by atoms with Gasteiger partial charge in [-0.15, -0.1) is 0 Å². The summed E-state index contributed by atoms with van der Waals surface area (Å²) in [7, 11) is 0. The SMILES string of the molecule is C[C@@H]1[C@H](C)CCC[C@@H]1NC(=O)CCC(=O)NCc1ccccc1. The number of amides is 2. The first-order valence-corrected chi connectivity index (χ1v) is 8.66. The maximum atomic E-state index is 12.1. The molecule has 0 aliphatic heterocycles. The van der Waals surface area contributed by atoms with E-state index in [0.717, 1.165) is 12.0 Å². The summed E-state index contributed by atoms with van der Waals surface area (Å²) < 4.78 is 0. The summed E-state index contributed by atoms with van der Waals surface area (Å²) in [6.45, 7) is 4.97. The summed E-state index contributed by atoms with van der Waals surface area (Å²) in [6.07, 6.45) is 3.98. The Hall–Kier alpha value is -1.84. The van der Waals surface area contributed by atoms with Crippen LogP contribution in [0.1, 0.15) is 51.5 Å². The fraction of sp³-hybridized carbons (Fsp3) is 0.579. The third kappa shape index (κ3) is 5.70. The molecule has 4 nitrogen and oxygen atoms in total. The first-order valence-electron chi connectivity index (χ1n) is 8.66. The van der Waals surface area contributed by atoms with E-state index in [-0.39, 0.29) is 30.7 Å². The summed E-state index contributed by atoms with van der Waals surface area (Å²) >= 11 is 0. The molecule has 4 heteroatoms. The number of nitrogens with one attached hydrogen (secondary N) is 2. The predicted octanol–water partition coefficient (Wildman–Crippen LogP) is 3.02. The zero-order chi connectivity index (χ0) is 16.7. The smallest absolute Gasteiger partial charge is 0.220 e. The van der Waals surface area contributed by atoms with E-state index in [4.69, 9.17) is 0 Å². The molecule has 3 atom stereocenters. The van der Waals surface area contributed by atoms with Crippen molar-refractivity contribution < 1.29 is 9.59 Å². The van der Waals surface area contributed by atoms with E-state index >= 15 is 0 Å². The lowest BCUT2D eigenvalue weighted by Gasteiger charge is -2.34. The Bertz CT molecular complexity index is 515. The number of hydrogen-bond acceptors (Lipinski definition) is 2. The molecular weight excluding hydrogens is 288 g/mol. The van der Waals surface area contributed by atoms with Gasteiger partial charge in [-0.2, -0.15) is 0 Å². The van der Waals surface area contributed by atoms with E-state index in [1.165, 1.54) is 12.8 Å². The first-order chi connectivity index (χ1) is 11.1. The van der Waals surface area contributed by atoms with Crippen LogP contribution in [-0.4, -0.2) is 17.9 Å². The van der Waals surface area contributed by atoms with E-state index in [1.807, 2.05) is 30.3 Å². The number of carbonyl (C=O) groups excluding carboxylic acids is 2. The molecule has 1 aromatic rings. The van der Waals surface area contributed by atoms with E-state index in [0.29, 0.717) is 18.4 Å². The predicted molar refractivity (Wildman–Crippen MR) is 91.6 cm³/mol. The molecule has 2 rings (SSSR count). The van der Waals surface area contributed by atoms with Gasteiger partial charge in [-0.25, -0.2) is 0 Å². The molecule has 0 bridgehead atoms. The average Bonchev–Trinajstić information content (AvgIpc) is 2.56. The fourth-order valence-electron chi connectivity index (χ4n) is 3.18. The van der Waals surface area contributed by atoms with Gasteiger partial charge in [0.25, 0.3) is 0 Å². The van der Waals surface area contributed by atoms with Crippen LogP contribution in [0.3, 0.4) is 0 Å². The maximum Gasteiger partial charge on any atom is 0.220 e. The number of hydrogen-bond donors (Lipinski definition) is 2.